The Hall–Kier alpha value is -2.11. The Morgan fingerprint density at radius 2 is 2.23 bits per heavy atom. The van der Waals surface area contributed by atoms with E-state index in [-0.39, 0.29) is 11.8 Å². The number of halogens is 1. The van der Waals surface area contributed by atoms with Crippen LogP contribution in [0.25, 0.3) is 10.1 Å². The van der Waals surface area contributed by atoms with Crippen molar-refractivity contribution in [2.24, 2.45) is 5.92 Å². The second kappa shape index (κ2) is 7.25. The van der Waals surface area contributed by atoms with Gasteiger partial charge in [0.05, 0.1) is 5.92 Å². The van der Waals surface area contributed by atoms with Crippen molar-refractivity contribution in [2.45, 2.75) is 19.8 Å². The van der Waals surface area contributed by atoms with Crippen molar-refractivity contribution in [3.05, 3.63) is 52.5 Å². The third-order valence-corrected chi connectivity index (χ3v) is 6.03. The highest BCUT2D eigenvalue weighted by Crippen LogP contribution is 2.31. The van der Waals surface area contributed by atoms with Crippen LogP contribution >= 0.6 is 22.9 Å². The van der Waals surface area contributed by atoms with E-state index in [1.165, 1.54) is 10.1 Å². The summed E-state index contributed by atoms with van der Waals surface area (Å²) in [5, 5.41) is 6.95. The molecule has 1 atom stereocenters. The zero-order chi connectivity index (χ0) is 18.1. The number of rotatable bonds is 3. The number of benzene rings is 1. The maximum absolute atomic E-state index is 12.8. The number of thiophene rings is 1. The van der Waals surface area contributed by atoms with Crippen LogP contribution in [0.3, 0.4) is 0 Å². The summed E-state index contributed by atoms with van der Waals surface area (Å²) in [5.74, 6) is 0.982. The number of amides is 1. The number of pyridine rings is 1. The molecule has 1 amide bonds. The molecule has 1 fully saturated rings. The van der Waals surface area contributed by atoms with Crippen molar-refractivity contribution >= 4 is 50.4 Å². The summed E-state index contributed by atoms with van der Waals surface area (Å²) in [4.78, 5) is 19.7. The largest absolute Gasteiger partial charge is 0.355 e. The molecule has 3 heterocycles. The van der Waals surface area contributed by atoms with Gasteiger partial charge in [0.25, 0.3) is 0 Å². The lowest BCUT2D eigenvalue weighted by molar-refractivity contribution is -0.120. The molecule has 0 radical (unpaired) electrons. The highest BCUT2D eigenvalue weighted by Gasteiger charge is 2.27. The van der Waals surface area contributed by atoms with Gasteiger partial charge in [-0.25, -0.2) is 4.98 Å². The van der Waals surface area contributed by atoms with Crippen LogP contribution in [0.1, 0.15) is 18.4 Å². The van der Waals surface area contributed by atoms with E-state index in [1.807, 2.05) is 37.4 Å². The molecule has 6 heteroatoms. The van der Waals surface area contributed by atoms with Crippen LogP contribution in [0.5, 0.6) is 0 Å². The predicted molar refractivity (Wildman–Crippen MR) is 109 cm³/mol. The average molecular weight is 386 g/mol. The van der Waals surface area contributed by atoms with Crippen molar-refractivity contribution in [3.8, 4) is 0 Å². The van der Waals surface area contributed by atoms with Gasteiger partial charge in [-0.3, -0.25) is 4.79 Å². The predicted octanol–water partition coefficient (Wildman–Crippen LogP) is 5.11. The zero-order valence-corrected chi connectivity index (χ0v) is 16.1. The number of piperidine rings is 1. The van der Waals surface area contributed by atoms with Crippen LogP contribution in [0.4, 0.5) is 11.5 Å². The van der Waals surface area contributed by atoms with Gasteiger partial charge in [-0.05, 0) is 55.0 Å². The topological polar surface area (TPSA) is 45.2 Å². The number of carbonyl (C=O) groups is 1. The zero-order valence-electron chi connectivity index (χ0n) is 14.5. The number of fused-ring (bicyclic) bond motifs is 1. The lowest BCUT2D eigenvalue weighted by atomic mass is 9.96. The summed E-state index contributed by atoms with van der Waals surface area (Å²) in [6.45, 7) is 3.59. The minimum atomic E-state index is -0.0576. The number of hydrogen-bond donors (Lipinski definition) is 1. The molecule has 1 aliphatic heterocycles. The average Bonchev–Trinajstić information content (AvgIpc) is 3.13. The number of hydrogen-bond acceptors (Lipinski definition) is 4. The molecular formula is C20H20ClN3OS. The maximum Gasteiger partial charge on any atom is 0.229 e. The lowest BCUT2D eigenvalue weighted by Gasteiger charge is -2.33. The molecule has 0 bridgehead atoms. The summed E-state index contributed by atoms with van der Waals surface area (Å²) in [6.07, 6.45) is 3.73. The summed E-state index contributed by atoms with van der Waals surface area (Å²) >= 11 is 7.79. The van der Waals surface area contributed by atoms with E-state index < -0.39 is 0 Å². The first kappa shape index (κ1) is 17.3. The number of carbonyl (C=O) groups excluding carboxylic acids is 1. The van der Waals surface area contributed by atoms with Gasteiger partial charge >= 0.3 is 0 Å². The van der Waals surface area contributed by atoms with Gasteiger partial charge in [0.1, 0.15) is 5.82 Å². The standard InChI is InChI=1S/C20H20ClN3OS/c1-13-4-5-15(21)11-17(13)23-20(25)14-3-2-9-24(12-14)19-16-7-10-26-18(16)6-8-22-19/h4-8,10-11,14H,2-3,9,12H2,1H3,(H,23,25)/t14-/m0/s1. The van der Waals surface area contributed by atoms with E-state index in [0.29, 0.717) is 11.6 Å². The van der Waals surface area contributed by atoms with E-state index in [4.69, 9.17) is 11.6 Å². The monoisotopic (exact) mass is 385 g/mol. The molecule has 1 aromatic carbocycles. The SMILES string of the molecule is Cc1ccc(Cl)cc1NC(=O)[C@H]1CCCN(c2nccc3sccc23)C1. The normalized spacial score (nSPS) is 17.5. The van der Waals surface area contributed by atoms with E-state index >= 15 is 0 Å². The highest BCUT2D eigenvalue weighted by molar-refractivity contribution is 7.17. The second-order valence-corrected chi connectivity index (χ2v) is 8.08. The molecule has 2 aromatic heterocycles. The smallest absolute Gasteiger partial charge is 0.229 e. The van der Waals surface area contributed by atoms with Crippen LogP contribution in [-0.2, 0) is 4.79 Å². The Balaban J connectivity index is 1.52. The van der Waals surface area contributed by atoms with Crippen LogP contribution in [-0.4, -0.2) is 24.0 Å². The van der Waals surface area contributed by atoms with Crippen LogP contribution in [0.15, 0.2) is 41.9 Å². The van der Waals surface area contributed by atoms with Gasteiger partial charge in [0.2, 0.25) is 5.91 Å². The molecule has 26 heavy (non-hydrogen) atoms. The van der Waals surface area contributed by atoms with Crippen molar-refractivity contribution in [2.75, 3.05) is 23.3 Å². The lowest BCUT2D eigenvalue weighted by Crippen LogP contribution is -2.41. The number of anilines is 2. The van der Waals surface area contributed by atoms with Crippen molar-refractivity contribution in [1.29, 1.82) is 0 Å². The second-order valence-electron chi connectivity index (χ2n) is 6.70. The Labute approximate surface area is 161 Å². The Bertz CT molecular complexity index is 955. The molecule has 134 valence electrons. The Morgan fingerprint density at radius 3 is 3.12 bits per heavy atom. The van der Waals surface area contributed by atoms with Crippen molar-refractivity contribution < 1.29 is 4.79 Å². The minimum absolute atomic E-state index is 0.0533. The van der Waals surface area contributed by atoms with Crippen molar-refractivity contribution in [3.63, 3.8) is 0 Å². The quantitative estimate of drug-likeness (QED) is 0.681. The first-order valence-corrected chi connectivity index (χ1v) is 10.0. The Morgan fingerprint density at radius 1 is 1.35 bits per heavy atom. The van der Waals surface area contributed by atoms with Gasteiger partial charge in [-0.15, -0.1) is 11.3 Å². The van der Waals surface area contributed by atoms with Crippen LogP contribution in [0, 0.1) is 12.8 Å². The highest BCUT2D eigenvalue weighted by atomic mass is 35.5. The van der Waals surface area contributed by atoms with Gasteiger partial charge in [0, 0.05) is 40.1 Å². The first-order chi connectivity index (χ1) is 12.6. The van der Waals surface area contributed by atoms with Crippen molar-refractivity contribution in [1.82, 2.24) is 4.98 Å². The first-order valence-electron chi connectivity index (χ1n) is 8.76. The number of nitrogens with zero attached hydrogens (tertiary/aromatic N) is 2. The molecule has 0 spiro atoms. The van der Waals surface area contributed by atoms with E-state index in [9.17, 15) is 4.79 Å². The fourth-order valence-electron chi connectivity index (χ4n) is 3.48. The molecule has 4 nitrogen and oxygen atoms in total. The molecule has 1 aliphatic rings. The molecule has 4 rings (SSSR count). The molecule has 0 unspecified atom stereocenters. The minimum Gasteiger partial charge on any atom is -0.355 e. The fraction of sp³-hybridized carbons (Fsp3) is 0.300. The molecule has 0 aliphatic carbocycles. The summed E-state index contributed by atoms with van der Waals surface area (Å²) in [5.41, 5.74) is 1.80. The van der Waals surface area contributed by atoms with Gasteiger partial charge < -0.3 is 10.2 Å². The molecule has 3 aromatic rings. The maximum atomic E-state index is 12.8. The third kappa shape index (κ3) is 3.41. The van der Waals surface area contributed by atoms with E-state index in [0.717, 1.165) is 36.5 Å². The molecule has 0 saturated carbocycles. The fourth-order valence-corrected chi connectivity index (χ4v) is 4.43. The van der Waals surface area contributed by atoms with Crippen LogP contribution < -0.4 is 10.2 Å². The Kier molecular flexibility index (Phi) is 4.83. The van der Waals surface area contributed by atoms with E-state index in [1.54, 1.807) is 11.3 Å². The third-order valence-electron chi connectivity index (χ3n) is 4.91. The summed E-state index contributed by atoms with van der Waals surface area (Å²) in [7, 11) is 0. The number of aromatic nitrogens is 1. The summed E-state index contributed by atoms with van der Waals surface area (Å²) in [6, 6.07) is 9.72. The van der Waals surface area contributed by atoms with Gasteiger partial charge in [-0.2, -0.15) is 0 Å². The summed E-state index contributed by atoms with van der Waals surface area (Å²) < 4.78 is 1.23. The molecule has 1 N–H and O–H groups in total. The van der Waals surface area contributed by atoms with E-state index in [2.05, 4.69) is 26.6 Å². The number of aryl methyl sites for hydroxylation is 1. The van der Waals surface area contributed by atoms with Gasteiger partial charge in [-0.1, -0.05) is 17.7 Å². The molecule has 1 saturated heterocycles. The van der Waals surface area contributed by atoms with Gasteiger partial charge in [0.15, 0.2) is 0 Å². The molecular weight excluding hydrogens is 366 g/mol. The van der Waals surface area contributed by atoms with Crippen LogP contribution in [0.2, 0.25) is 5.02 Å². The number of nitrogens with one attached hydrogen (secondary N) is 1.